The molecule has 0 amide bonds. The predicted octanol–water partition coefficient (Wildman–Crippen LogP) is 2.31. The lowest BCUT2D eigenvalue weighted by Gasteiger charge is -1.91. The molecule has 0 aliphatic carbocycles. The third kappa shape index (κ3) is 6.13. The van der Waals surface area contributed by atoms with Gasteiger partial charge in [-0.1, -0.05) is 20.3 Å². The molecule has 4 heteroatoms. The maximum Gasteiger partial charge on any atom is 0.124 e. The molecule has 13 heavy (non-hydrogen) atoms. The van der Waals surface area contributed by atoms with Crippen molar-refractivity contribution in [1.82, 2.24) is 9.78 Å². The van der Waals surface area contributed by atoms with Crippen LogP contribution < -0.4 is 5.73 Å². The Morgan fingerprint density at radius 1 is 1.46 bits per heavy atom. The highest BCUT2D eigenvalue weighted by molar-refractivity contribution is 5.36. The second-order valence-corrected chi connectivity index (χ2v) is 2.54. The number of rotatable bonds is 0. The van der Waals surface area contributed by atoms with Crippen molar-refractivity contribution in [1.29, 1.82) is 0 Å². The fourth-order valence-corrected chi connectivity index (χ4v) is 0.557. The number of hydrogen-bond donors (Lipinski definition) is 1. The van der Waals surface area contributed by atoms with Gasteiger partial charge in [-0.15, -0.1) is 0 Å². The van der Waals surface area contributed by atoms with E-state index in [1.807, 2.05) is 14.0 Å². The first kappa shape index (κ1) is 14.5. The molecule has 0 bridgehead atoms. The van der Waals surface area contributed by atoms with Crippen LogP contribution in [0.25, 0.3) is 0 Å². The average molecular weight is 189 g/mol. The Hall–Kier alpha value is -1.06. The van der Waals surface area contributed by atoms with Crippen LogP contribution in [0.3, 0.4) is 0 Å². The molecule has 0 radical (unpaired) electrons. The summed E-state index contributed by atoms with van der Waals surface area (Å²) in [7, 11) is 2.32. The van der Waals surface area contributed by atoms with Crippen LogP contribution in [0.5, 0.6) is 0 Å². The van der Waals surface area contributed by atoms with E-state index < -0.39 is 0 Å². The van der Waals surface area contributed by atoms with E-state index in [1.165, 1.54) is 6.42 Å². The van der Waals surface area contributed by atoms with Gasteiger partial charge in [-0.2, -0.15) is 5.10 Å². The maximum atomic E-state index is 9.50. The highest BCUT2D eigenvalue weighted by Gasteiger charge is 1.94. The molecule has 1 heterocycles. The zero-order chi connectivity index (χ0) is 10.9. The number of halogens is 1. The number of nitrogens with zero attached hydrogens (tertiary/aromatic N) is 2. The zero-order valence-corrected chi connectivity index (χ0v) is 9.13. The summed E-state index contributed by atoms with van der Waals surface area (Å²) < 4.78 is 11.1. The summed E-state index contributed by atoms with van der Waals surface area (Å²) in [5.74, 6) is 0.741. The Bertz CT molecular complexity index is 189. The van der Waals surface area contributed by atoms with Crippen LogP contribution in [0.4, 0.5) is 10.2 Å². The highest BCUT2D eigenvalue weighted by Crippen LogP contribution is 2.04. The standard InChI is InChI=1S/C5H9N3.C3H8.CH3F/c1-4-3-7-8(2)5(4)6;1-3-2;1-2/h3H,6H2,1-2H3;3H2,1-2H3;1H3. The Morgan fingerprint density at radius 2 is 1.85 bits per heavy atom. The molecule has 78 valence electrons. The van der Waals surface area contributed by atoms with Crippen LogP contribution in [0.1, 0.15) is 25.8 Å². The van der Waals surface area contributed by atoms with E-state index >= 15 is 0 Å². The van der Waals surface area contributed by atoms with E-state index in [0.29, 0.717) is 7.18 Å². The topological polar surface area (TPSA) is 43.8 Å². The van der Waals surface area contributed by atoms with Gasteiger partial charge in [0, 0.05) is 12.6 Å². The number of nitrogen functional groups attached to an aromatic ring is 1. The lowest BCUT2D eigenvalue weighted by atomic mass is 10.4. The van der Waals surface area contributed by atoms with E-state index in [1.54, 1.807) is 10.9 Å². The van der Waals surface area contributed by atoms with E-state index in [4.69, 9.17) is 5.73 Å². The van der Waals surface area contributed by atoms with E-state index in [0.717, 1.165) is 11.4 Å². The van der Waals surface area contributed by atoms with Gasteiger partial charge < -0.3 is 5.73 Å². The van der Waals surface area contributed by atoms with Crippen molar-refractivity contribution in [2.24, 2.45) is 7.05 Å². The van der Waals surface area contributed by atoms with Gasteiger partial charge in [0.2, 0.25) is 0 Å². The average Bonchev–Trinajstić information content (AvgIpc) is 2.42. The van der Waals surface area contributed by atoms with Crippen LogP contribution in [0, 0.1) is 6.92 Å². The molecule has 0 atom stereocenters. The molecule has 0 saturated heterocycles. The van der Waals surface area contributed by atoms with Crippen molar-refractivity contribution in [3.8, 4) is 0 Å². The Morgan fingerprint density at radius 3 is 1.92 bits per heavy atom. The minimum atomic E-state index is 0.500. The highest BCUT2D eigenvalue weighted by atomic mass is 19.1. The maximum absolute atomic E-state index is 9.50. The second kappa shape index (κ2) is 9.03. The van der Waals surface area contributed by atoms with Crippen molar-refractivity contribution >= 4 is 5.82 Å². The molecule has 1 aromatic heterocycles. The van der Waals surface area contributed by atoms with Crippen LogP contribution >= 0.6 is 0 Å². The molecular formula is C9H20FN3. The minimum absolute atomic E-state index is 0.500. The lowest BCUT2D eigenvalue weighted by molar-refractivity contribution is 0.636. The normalized spacial score (nSPS) is 7.85. The van der Waals surface area contributed by atoms with Gasteiger partial charge >= 0.3 is 0 Å². The molecule has 3 nitrogen and oxygen atoms in total. The van der Waals surface area contributed by atoms with Crippen molar-refractivity contribution in [2.75, 3.05) is 12.9 Å². The molecular weight excluding hydrogens is 169 g/mol. The molecule has 0 aliphatic heterocycles. The smallest absolute Gasteiger partial charge is 0.124 e. The van der Waals surface area contributed by atoms with Crippen molar-refractivity contribution in [3.63, 3.8) is 0 Å². The molecule has 1 rings (SSSR count). The van der Waals surface area contributed by atoms with E-state index in [2.05, 4.69) is 18.9 Å². The number of aromatic nitrogens is 2. The summed E-state index contributed by atoms with van der Waals surface area (Å²) in [6, 6.07) is 0. The van der Waals surface area contributed by atoms with Crippen LogP contribution in [-0.2, 0) is 7.05 Å². The van der Waals surface area contributed by atoms with Gasteiger partial charge in [-0.05, 0) is 6.92 Å². The first-order valence-corrected chi connectivity index (χ1v) is 4.25. The largest absolute Gasteiger partial charge is 0.384 e. The van der Waals surface area contributed by atoms with Crippen LogP contribution in [0.2, 0.25) is 0 Å². The molecule has 0 aliphatic rings. The summed E-state index contributed by atoms with van der Waals surface area (Å²) >= 11 is 0. The Labute approximate surface area is 79.7 Å². The molecule has 0 aromatic carbocycles. The molecule has 0 saturated carbocycles. The van der Waals surface area contributed by atoms with E-state index in [9.17, 15) is 4.39 Å². The third-order valence-electron chi connectivity index (χ3n) is 1.18. The summed E-state index contributed by atoms with van der Waals surface area (Å²) in [4.78, 5) is 0. The Kier molecular flexibility index (Phi) is 10.0. The van der Waals surface area contributed by atoms with Gasteiger partial charge in [0.25, 0.3) is 0 Å². The molecule has 0 spiro atoms. The number of alkyl halides is 1. The quantitative estimate of drug-likeness (QED) is 0.680. The monoisotopic (exact) mass is 189 g/mol. The second-order valence-electron chi connectivity index (χ2n) is 2.54. The van der Waals surface area contributed by atoms with Crippen molar-refractivity contribution in [2.45, 2.75) is 27.2 Å². The van der Waals surface area contributed by atoms with Gasteiger partial charge in [-0.25, -0.2) is 0 Å². The first-order chi connectivity index (χ1) is 6.13. The van der Waals surface area contributed by atoms with Gasteiger partial charge in [0.1, 0.15) is 5.82 Å². The summed E-state index contributed by atoms with van der Waals surface area (Å²) in [5, 5.41) is 3.91. The zero-order valence-electron chi connectivity index (χ0n) is 9.13. The molecule has 2 N–H and O–H groups in total. The predicted molar refractivity (Wildman–Crippen MR) is 55.4 cm³/mol. The molecule has 0 unspecified atom stereocenters. The number of anilines is 1. The number of aryl methyl sites for hydroxylation is 2. The van der Waals surface area contributed by atoms with Gasteiger partial charge in [0.15, 0.2) is 0 Å². The van der Waals surface area contributed by atoms with Crippen LogP contribution in [-0.4, -0.2) is 17.0 Å². The lowest BCUT2D eigenvalue weighted by Crippen LogP contribution is -1.97. The fourth-order valence-electron chi connectivity index (χ4n) is 0.557. The molecule has 1 aromatic rings. The number of hydrogen-bond acceptors (Lipinski definition) is 2. The summed E-state index contributed by atoms with van der Waals surface area (Å²) in [5.41, 5.74) is 6.54. The third-order valence-corrected chi connectivity index (χ3v) is 1.18. The SMILES string of the molecule is CCC.CF.Cc1cnn(C)c1N. The van der Waals surface area contributed by atoms with Crippen molar-refractivity contribution < 1.29 is 4.39 Å². The van der Waals surface area contributed by atoms with Crippen LogP contribution in [0.15, 0.2) is 6.20 Å². The summed E-state index contributed by atoms with van der Waals surface area (Å²) in [6.45, 7) is 6.18. The van der Waals surface area contributed by atoms with E-state index in [-0.39, 0.29) is 0 Å². The number of nitrogens with two attached hydrogens (primary N) is 1. The molecule has 0 fully saturated rings. The first-order valence-electron chi connectivity index (χ1n) is 4.25. The summed E-state index contributed by atoms with van der Waals surface area (Å²) in [6.07, 6.45) is 3.00. The van der Waals surface area contributed by atoms with Crippen molar-refractivity contribution in [3.05, 3.63) is 11.8 Å². The fraction of sp³-hybridized carbons (Fsp3) is 0.667. The minimum Gasteiger partial charge on any atom is -0.384 e. The van der Waals surface area contributed by atoms with Gasteiger partial charge in [-0.3, -0.25) is 9.07 Å². The Balaban J connectivity index is 0. The van der Waals surface area contributed by atoms with Gasteiger partial charge in [0.05, 0.1) is 13.4 Å².